The van der Waals surface area contributed by atoms with Crippen molar-refractivity contribution in [2.45, 2.75) is 27.1 Å². The number of halogens is 6. The first kappa shape index (κ1) is 22.1. The van der Waals surface area contributed by atoms with Crippen molar-refractivity contribution in [3.05, 3.63) is 45.0 Å². The van der Waals surface area contributed by atoms with Crippen LogP contribution in [0.2, 0.25) is 0 Å². The molecule has 3 nitrogen and oxygen atoms in total. The van der Waals surface area contributed by atoms with Gasteiger partial charge in [-0.2, -0.15) is 0 Å². The average molecular weight is 429 g/mol. The zero-order valence-corrected chi connectivity index (χ0v) is 16.4. The highest BCUT2D eigenvalue weighted by Gasteiger charge is 2.70. The average Bonchev–Trinajstić information content (AvgIpc) is 3.06. The van der Waals surface area contributed by atoms with Gasteiger partial charge in [-0.1, -0.05) is 37.0 Å². The smallest absolute Gasteiger partial charge is 0.167 e. The van der Waals surface area contributed by atoms with Crippen LogP contribution >= 0.6 is 23.2 Å². The minimum Gasteiger partial charge on any atom is -0.380 e. The van der Waals surface area contributed by atoms with Gasteiger partial charge in [0.2, 0.25) is 0 Å². The zero-order valence-electron chi connectivity index (χ0n) is 14.8. The standard InChI is InChI=1S/C18H18Cl2F4O3/c1-17(2)11(4-12(19)20)18(17,7-25)8-27-6-10-15(23)13(21)9(5-26-3)14(22)16(10)24/h4,7,11H,5-6,8H2,1-3H3. The fourth-order valence-corrected chi connectivity index (χ4v) is 3.64. The monoisotopic (exact) mass is 428 g/mol. The van der Waals surface area contributed by atoms with Gasteiger partial charge in [0, 0.05) is 13.0 Å². The van der Waals surface area contributed by atoms with Crippen LogP contribution in [0, 0.1) is 40.0 Å². The van der Waals surface area contributed by atoms with E-state index in [4.69, 9.17) is 27.9 Å². The molecule has 0 aliphatic heterocycles. The molecule has 0 spiro atoms. The molecule has 2 unspecified atom stereocenters. The van der Waals surface area contributed by atoms with Crippen LogP contribution < -0.4 is 0 Å². The zero-order chi connectivity index (χ0) is 20.6. The second-order valence-corrected chi connectivity index (χ2v) is 7.96. The Balaban J connectivity index is 2.21. The summed E-state index contributed by atoms with van der Waals surface area (Å²) in [7, 11) is 1.14. The maximum Gasteiger partial charge on any atom is 0.167 e. The Hall–Kier alpha value is -1.15. The number of benzene rings is 1. The number of methoxy groups -OCH3 is 1. The van der Waals surface area contributed by atoms with Gasteiger partial charge in [-0.25, -0.2) is 17.6 Å². The minimum absolute atomic E-state index is 0.0215. The lowest BCUT2D eigenvalue weighted by Gasteiger charge is -2.15. The van der Waals surface area contributed by atoms with E-state index in [-0.39, 0.29) is 17.0 Å². The Morgan fingerprint density at radius 2 is 1.52 bits per heavy atom. The molecule has 2 rings (SSSR count). The molecule has 9 heteroatoms. The van der Waals surface area contributed by atoms with E-state index < -0.39 is 58.4 Å². The molecule has 2 atom stereocenters. The largest absolute Gasteiger partial charge is 0.380 e. The van der Waals surface area contributed by atoms with Crippen LogP contribution in [0.25, 0.3) is 0 Å². The highest BCUT2D eigenvalue weighted by molar-refractivity contribution is 6.55. The van der Waals surface area contributed by atoms with Crippen LogP contribution in [-0.2, 0) is 27.5 Å². The van der Waals surface area contributed by atoms with Crippen molar-refractivity contribution in [3.63, 3.8) is 0 Å². The summed E-state index contributed by atoms with van der Waals surface area (Å²) < 4.78 is 65.9. The Labute approximate surface area is 164 Å². The molecule has 150 valence electrons. The van der Waals surface area contributed by atoms with E-state index in [0.29, 0.717) is 6.29 Å². The van der Waals surface area contributed by atoms with Crippen molar-refractivity contribution in [1.82, 2.24) is 0 Å². The van der Waals surface area contributed by atoms with E-state index in [0.717, 1.165) is 7.11 Å². The van der Waals surface area contributed by atoms with E-state index in [1.54, 1.807) is 13.8 Å². The van der Waals surface area contributed by atoms with Crippen LogP contribution in [0.3, 0.4) is 0 Å². The Kier molecular flexibility index (Phi) is 6.62. The van der Waals surface area contributed by atoms with Crippen molar-refractivity contribution < 1.29 is 31.8 Å². The predicted molar refractivity (Wildman–Crippen MR) is 92.2 cm³/mol. The molecule has 1 saturated carbocycles. The maximum absolute atomic E-state index is 14.1. The third-order valence-corrected chi connectivity index (χ3v) is 5.52. The quantitative estimate of drug-likeness (QED) is 0.329. The molecule has 27 heavy (non-hydrogen) atoms. The Bertz CT molecular complexity index is 749. The minimum atomic E-state index is -1.56. The van der Waals surface area contributed by atoms with Gasteiger partial charge >= 0.3 is 0 Å². The van der Waals surface area contributed by atoms with Crippen molar-refractivity contribution in [2.24, 2.45) is 16.7 Å². The summed E-state index contributed by atoms with van der Waals surface area (Å²) in [4.78, 5) is 11.6. The highest BCUT2D eigenvalue weighted by atomic mass is 35.5. The number of ether oxygens (including phenoxy) is 2. The summed E-state index contributed by atoms with van der Waals surface area (Å²) >= 11 is 11.3. The molecule has 0 radical (unpaired) electrons. The van der Waals surface area contributed by atoms with E-state index in [9.17, 15) is 22.4 Å². The SMILES string of the molecule is COCc1c(F)c(F)c(COCC2(C=O)C(C=C(Cl)Cl)C2(C)C)c(F)c1F. The van der Waals surface area contributed by atoms with Crippen LogP contribution in [0.5, 0.6) is 0 Å². The fraction of sp³-hybridized carbons (Fsp3) is 0.500. The number of hydrogen-bond acceptors (Lipinski definition) is 3. The summed E-state index contributed by atoms with van der Waals surface area (Å²) in [5, 5.41) is 0. The van der Waals surface area contributed by atoms with E-state index in [2.05, 4.69) is 4.74 Å². The number of allylic oxidation sites excluding steroid dienone is 1. The van der Waals surface area contributed by atoms with Crippen LogP contribution in [-0.4, -0.2) is 20.0 Å². The van der Waals surface area contributed by atoms with Crippen LogP contribution in [0.4, 0.5) is 17.6 Å². The summed E-state index contributed by atoms with van der Waals surface area (Å²) in [6.45, 7) is 1.96. The predicted octanol–water partition coefficient (Wildman–Crippen LogP) is 5.07. The van der Waals surface area contributed by atoms with E-state index >= 15 is 0 Å². The van der Waals surface area contributed by atoms with Gasteiger partial charge in [0.05, 0.1) is 36.4 Å². The van der Waals surface area contributed by atoms with Crippen molar-refractivity contribution >= 4 is 29.5 Å². The molecular formula is C18H18Cl2F4O3. The molecule has 1 aliphatic carbocycles. The molecule has 1 aromatic rings. The third kappa shape index (κ3) is 3.75. The highest BCUT2D eigenvalue weighted by Crippen LogP contribution is 2.68. The molecule has 1 aromatic carbocycles. The molecule has 0 heterocycles. The summed E-state index contributed by atoms with van der Waals surface area (Å²) in [6, 6.07) is 0. The number of rotatable bonds is 8. The topological polar surface area (TPSA) is 35.5 Å². The molecule has 0 bridgehead atoms. The van der Waals surface area contributed by atoms with Crippen molar-refractivity contribution in [3.8, 4) is 0 Å². The van der Waals surface area contributed by atoms with Gasteiger partial charge in [-0.3, -0.25) is 0 Å². The Morgan fingerprint density at radius 3 is 1.93 bits per heavy atom. The molecule has 0 aromatic heterocycles. The maximum atomic E-state index is 14.1. The Morgan fingerprint density at radius 1 is 1.04 bits per heavy atom. The summed E-state index contributed by atoms with van der Waals surface area (Å²) in [5.74, 6) is -6.55. The number of aldehydes is 1. The molecule has 0 N–H and O–H groups in total. The van der Waals surface area contributed by atoms with Crippen LogP contribution in [0.1, 0.15) is 25.0 Å². The van der Waals surface area contributed by atoms with Crippen LogP contribution in [0.15, 0.2) is 10.6 Å². The third-order valence-electron chi connectivity index (χ3n) is 5.27. The molecule has 0 amide bonds. The van der Waals surface area contributed by atoms with E-state index in [1.165, 1.54) is 6.08 Å². The molecular weight excluding hydrogens is 411 g/mol. The van der Waals surface area contributed by atoms with Gasteiger partial charge in [0.25, 0.3) is 0 Å². The summed E-state index contributed by atoms with van der Waals surface area (Å²) in [5.41, 5.74) is -3.31. The van der Waals surface area contributed by atoms with Gasteiger partial charge in [-0.05, 0) is 11.5 Å². The van der Waals surface area contributed by atoms with Gasteiger partial charge in [0.15, 0.2) is 23.3 Å². The number of hydrogen-bond donors (Lipinski definition) is 0. The second kappa shape index (κ2) is 8.07. The first-order valence-electron chi connectivity index (χ1n) is 7.94. The number of carbonyl (C=O) groups excluding carboxylic acids is 1. The fourth-order valence-electron chi connectivity index (χ4n) is 3.39. The molecule has 0 saturated heterocycles. The van der Waals surface area contributed by atoms with Crippen molar-refractivity contribution in [1.29, 1.82) is 0 Å². The van der Waals surface area contributed by atoms with Crippen molar-refractivity contribution in [2.75, 3.05) is 13.7 Å². The lowest BCUT2D eigenvalue weighted by molar-refractivity contribution is -0.116. The lowest BCUT2D eigenvalue weighted by atomic mass is 9.99. The first-order chi connectivity index (χ1) is 12.5. The van der Waals surface area contributed by atoms with Gasteiger partial charge < -0.3 is 14.3 Å². The first-order valence-corrected chi connectivity index (χ1v) is 8.70. The molecule has 1 fully saturated rings. The molecule has 1 aliphatic rings. The van der Waals surface area contributed by atoms with E-state index in [1.807, 2.05) is 0 Å². The van der Waals surface area contributed by atoms with Gasteiger partial charge in [0.1, 0.15) is 10.8 Å². The lowest BCUT2D eigenvalue weighted by Crippen LogP contribution is -2.20. The normalized spacial score (nSPS) is 23.2. The second-order valence-electron chi connectivity index (χ2n) is 6.95. The summed E-state index contributed by atoms with van der Waals surface area (Å²) in [6.07, 6.45) is 2.15. The number of carbonyl (C=O) groups is 1. The van der Waals surface area contributed by atoms with Gasteiger partial charge in [-0.15, -0.1) is 0 Å².